The van der Waals surface area contributed by atoms with Crippen molar-refractivity contribution in [1.29, 1.82) is 0 Å². The van der Waals surface area contributed by atoms with Crippen LogP contribution in [0.4, 0.5) is 4.79 Å². The fraction of sp³-hybridized carbons (Fsp3) is 0.353. The Morgan fingerprint density at radius 3 is 2.60 bits per heavy atom. The third-order valence-electron chi connectivity index (χ3n) is 4.00. The van der Waals surface area contributed by atoms with Gasteiger partial charge in [-0.15, -0.1) is 10.2 Å². The lowest BCUT2D eigenvalue weighted by Crippen LogP contribution is -2.44. The number of nitrogens with zero attached hydrogens (tertiary/aromatic N) is 4. The summed E-state index contributed by atoms with van der Waals surface area (Å²) < 4.78 is 5.62. The highest BCUT2D eigenvalue weighted by Gasteiger charge is 2.34. The normalized spacial score (nSPS) is 17.8. The lowest BCUT2D eigenvalue weighted by Gasteiger charge is -2.24. The number of urea groups is 1. The van der Waals surface area contributed by atoms with Gasteiger partial charge in [0.2, 0.25) is 11.8 Å². The van der Waals surface area contributed by atoms with Gasteiger partial charge in [0.1, 0.15) is 0 Å². The molecule has 1 aliphatic heterocycles. The lowest BCUT2D eigenvalue weighted by molar-refractivity contribution is -0.129. The van der Waals surface area contributed by atoms with Gasteiger partial charge in [-0.1, -0.05) is 41.6 Å². The molecule has 0 saturated carbocycles. The molecule has 8 heteroatoms. The molecule has 1 atom stereocenters. The summed E-state index contributed by atoms with van der Waals surface area (Å²) in [6.45, 7) is 3.71. The molecule has 0 spiro atoms. The fourth-order valence-electron chi connectivity index (χ4n) is 2.43. The zero-order valence-electron chi connectivity index (χ0n) is 14.2. The highest BCUT2D eigenvalue weighted by atomic mass is 32.2. The molecule has 25 heavy (non-hydrogen) atoms. The molecule has 1 unspecified atom stereocenters. The van der Waals surface area contributed by atoms with Crippen LogP contribution in [0.1, 0.15) is 23.9 Å². The van der Waals surface area contributed by atoms with Gasteiger partial charge >= 0.3 is 6.03 Å². The molecule has 0 radical (unpaired) electrons. The number of imide groups is 1. The van der Waals surface area contributed by atoms with Crippen molar-refractivity contribution in [1.82, 2.24) is 15.1 Å². The molecule has 3 rings (SSSR count). The van der Waals surface area contributed by atoms with Crippen LogP contribution in [0.3, 0.4) is 0 Å². The van der Waals surface area contributed by atoms with Gasteiger partial charge in [0.05, 0.1) is 5.92 Å². The molecule has 0 bridgehead atoms. The molecular formula is C17H18N4O3S. The summed E-state index contributed by atoms with van der Waals surface area (Å²) in [5.74, 6) is 0.242. The molecule has 7 nitrogen and oxygen atoms in total. The largest absolute Gasteiger partial charge is 0.416 e. The van der Waals surface area contributed by atoms with Crippen LogP contribution in [-0.4, -0.2) is 39.8 Å². The van der Waals surface area contributed by atoms with E-state index < -0.39 is 11.9 Å². The molecule has 2 aromatic rings. The van der Waals surface area contributed by atoms with Crippen LogP contribution in [0.5, 0.6) is 0 Å². The SMILES string of the molecule is CC1=NC(=O)N(C)C(=O)C1Cc1nnc(SCc2ccc(C)cc2)o1. The van der Waals surface area contributed by atoms with E-state index in [9.17, 15) is 9.59 Å². The molecule has 2 heterocycles. The van der Waals surface area contributed by atoms with E-state index in [4.69, 9.17) is 4.42 Å². The minimum Gasteiger partial charge on any atom is -0.416 e. The summed E-state index contributed by atoms with van der Waals surface area (Å²) in [4.78, 5) is 28.6. The Bertz CT molecular complexity index is 829. The Kier molecular flexibility index (Phi) is 4.98. The number of aromatic nitrogens is 2. The number of thioether (sulfide) groups is 1. The standard InChI is InChI=1S/C17H18N4O3S/c1-10-4-6-12(7-5-10)9-25-17-20-19-14(24-17)8-13-11(2)18-16(23)21(3)15(13)22/h4-7,13H,8-9H2,1-3H3. The Morgan fingerprint density at radius 1 is 1.16 bits per heavy atom. The van der Waals surface area contributed by atoms with E-state index in [1.54, 1.807) is 6.92 Å². The van der Waals surface area contributed by atoms with Crippen molar-refractivity contribution in [2.24, 2.45) is 10.9 Å². The molecule has 130 valence electrons. The number of rotatable bonds is 5. The van der Waals surface area contributed by atoms with Gasteiger partial charge in [0.25, 0.3) is 5.22 Å². The van der Waals surface area contributed by atoms with Crippen LogP contribution in [0, 0.1) is 12.8 Å². The first-order valence-corrected chi connectivity index (χ1v) is 8.80. The van der Waals surface area contributed by atoms with E-state index in [0.717, 1.165) is 10.7 Å². The monoisotopic (exact) mass is 358 g/mol. The van der Waals surface area contributed by atoms with E-state index in [0.29, 0.717) is 16.8 Å². The van der Waals surface area contributed by atoms with Crippen molar-refractivity contribution in [3.05, 3.63) is 41.3 Å². The Morgan fingerprint density at radius 2 is 1.88 bits per heavy atom. The van der Waals surface area contributed by atoms with E-state index in [-0.39, 0.29) is 12.3 Å². The summed E-state index contributed by atoms with van der Waals surface area (Å²) in [6.07, 6.45) is 0.240. The maximum atomic E-state index is 12.2. The van der Waals surface area contributed by atoms with Crippen molar-refractivity contribution in [3.63, 3.8) is 0 Å². The quantitative estimate of drug-likeness (QED) is 0.764. The number of amides is 3. The first-order chi connectivity index (χ1) is 11.9. The van der Waals surface area contributed by atoms with Gasteiger partial charge in [0, 0.05) is 24.9 Å². The van der Waals surface area contributed by atoms with E-state index in [1.165, 1.54) is 29.9 Å². The second-order valence-corrected chi connectivity index (χ2v) is 6.85. The molecule has 1 aromatic carbocycles. The van der Waals surface area contributed by atoms with Gasteiger partial charge in [-0.2, -0.15) is 0 Å². The first kappa shape index (κ1) is 17.3. The van der Waals surface area contributed by atoms with Crippen LogP contribution in [0.25, 0.3) is 0 Å². The van der Waals surface area contributed by atoms with Crippen LogP contribution >= 0.6 is 11.8 Å². The Labute approximate surface area is 149 Å². The average molecular weight is 358 g/mol. The molecular weight excluding hydrogens is 340 g/mol. The highest BCUT2D eigenvalue weighted by molar-refractivity contribution is 7.98. The second-order valence-electron chi connectivity index (χ2n) is 5.93. The van der Waals surface area contributed by atoms with E-state index in [2.05, 4.69) is 39.5 Å². The highest BCUT2D eigenvalue weighted by Crippen LogP contribution is 2.24. The van der Waals surface area contributed by atoms with Gasteiger partial charge in [-0.05, 0) is 19.4 Å². The summed E-state index contributed by atoms with van der Waals surface area (Å²) >= 11 is 1.44. The van der Waals surface area contributed by atoms with Gasteiger partial charge in [-0.3, -0.25) is 9.69 Å². The molecule has 3 amide bonds. The Hall–Kier alpha value is -2.48. The molecule has 1 aliphatic rings. The molecule has 1 aromatic heterocycles. The van der Waals surface area contributed by atoms with Crippen LogP contribution in [0.2, 0.25) is 0 Å². The summed E-state index contributed by atoms with van der Waals surface area (Å²) in [6, 6.07) is 7.70. The third kappa shape index (κ3) is 3.96. The predicted octanol–water partition coefficient (Wildman–Crippen LogP) is 2.88. The van der Waals surface area contributed by atoms with Crippen molar-refractivity contribution < 1.29 is 14.0 Å². The maximum absolute atomic E-state index is 12.2. The van der Waals surface area contributed by atoms with Crippen LogP contribution in [-0.2, 0) is 17.0 Å². The van der Waals surface area contributed by atoms with Gasteiger partial charge in [0.15, 0.2) is 0 Å². The average Bonchev–Trinajstić information content (AvgIpc) is 3.04. The molecule has 0 aliphatic carbocycles. The Balaban J connectivity index is 1.63. The molecule has 0 fully saturated rings. The zero-order chi connectivity index (χ0) is 18.0. The van der Waals surface area contributed by atoms with Crippen molar-refractivity contribution in [3.8, 4) is 0 Å². The summed E-state index contributed by atoms with van der Waals surface area (Å²) in [7, 11) is 1.42. The van der Waals surface area contributed by atoms with Crippen molar-refractivity contribution in [2.75, 3.05) is 7.05 Å². The summed E-state index contributed by atoms with van der Waals surface area (Å²) in [5.41, 5.74) is 2.85. The minimum atomic E-state index is -0.543. The smallest absolute Gasteiger partial charge is 0.349 e. The summed E-state index contributed by atoms with van der Waals surface area (Å²) in [5, 5.41) is 8.47. The predicted molar refractivity (Wildman–Crippen MR) is 93.5 cm³/mol. The zero-order valence-corrected chi connectivity index (χ0v) is 15.0. The van der Waals surface area contributed by atoms with Gasteiger partial charge < -0.3 is 4.42 Å². The number of hydrogen-bond acceptors (Lipinski definition) is 6. The number of aliphatic imine (C=N–C) groups is 1. The van der Waals surface area contributed by atoms with Crippen molar-refractivity contribution >= 4 is 29.4 Å². The number of benzene rings is 1. The van der Waals surface area contributed by atoms with Gasteiger partial charge in [-0.25, -0.2) is 9.79 Å². The van der Waals surface area contributed by atoms with E-state index in [1.807, 2.05) is 6.92 Å². The molecule has 0 N–H and O–H groups in total. The minimum absolute atomic E-state index is 0.240. The number of carbonyl (C=O) groups excluding carboxylic acids is 2. The first-order valence-electron chi connectivity index (χ1n) is 7.81. The molecule has 0 saturated heterocycles. The fourth-order valence-corrected chi connectivity index (χ4v) is 3.16. The van der Waals surface area contributed by atoms with Crippen LogP contribution < -0.4 is 0 Å². The lowest BCUT2D eigenvalue weighted by atomic mass is 9.97. The van der Waals surface area contributed by atoms with E-state index >= 15 is 0 Å². The number of hydrogen-bond donors (Lipinski definition) is 0. The maximum Gasteiger partial charge on any atom is 0.349 e. The topological polar surface area (TPSA) is 88.7 Å². The number of aryl methyl sites for hydroxylation is 1. The number of carbonyl (C=O) groups is 2. The second kappa shape index (κ2) is 7.18. The third-order valence-corrected chi connectivity index (χ3v) is 4.89. The van der Waals surface area contributed by atoms with Crippen molar-refractivity contribution in [2.45, 2.75) is 31.2 Å². The van der Waals surface area contributed by atoms with Crippen LogP contribution in [0.15, 0.2) is 38.9 Å².